The van der Waals surface area contributed by atoms with Crippen molar-refractivity contribution in [3.05, 3.63) is 29.8 Å². The SMILES string of the molecule is CC(=O)N1CCC(OCc2ccccc2S(C)(=N)=O)CC1. The number of carbonyl (C=O) groups excluding carboxylic acids is 1. The number of amides is 1. The number of hydrogen-bond acceptors (Lipinski definition) is 4. The average Bonchev–Trinajstić information content (AvgIpc) is 2.45. The van der Waals surface area contributed by atoms with Crippen LogP contribution in [0.4, 0.5) is 0 Å². The minimum absolute atomic E-state index is 0.110. The van der Waals surface area contributed by atoms with Crippen LogP contribution in [0.25, 0.3) is 0 Å². The summed E-state index contributed by atoms with van der Waals surface area (Å²) >= 11 is 0. The number of benzene rings is 1. The highest BCUT2D eigenvalue weighted by Gasteiger charge is 2.21. The summed E-state index contributed by atoms with van der Waals surface area (Å²) in [5, 5.41) is 0. The fourth-order valence-electron chi connectivity index (χ4n) is 2.55. The zero-order valence-electron chi connectivity index (χ0n) is 12.5. The van der Waals surface area contributed by atoms with Crippen LogP contribution in [0, 0.1) is 4.78 Å². The van der Waals surface area contributed by atoms with Gasteiger partial charge in [-0.25, -0.2) is 8.99 Å². The highest BCUT2D eigenvalue weighted by Crippen LogP contribution is 2.20. The first-order chi connectivity index (χ1) is 9.88. The summed E-state index contributed by atoms with van der Waals surface area (Å²) in [6.45, 7) is 3.41. The molecule has 1 N–H and O–H groups in total. The first-order valence-corrected chi connectivity index (χ1v) is 9.03. The van der Waals surface area contributed by atoms with Crippen LogP contribution in [-0.4, -0.2) is 40.5 Å². The highest BCUT2D eigenvalue weighted by molar-refractivity contribution is 7.91. The Balaban J connectivity index is 1.95. The number of rotatable bonds is 4. The fourth-order valence-corrected chi connectivity index (χ4v) is 3.51. The lowest BCUT2D eigenvalue weighted by atomic mass is 10.1. The van der Waals surface area contributed by atoms with Gasteiger partial charge in [0.15, 0.2) is 0 Å². The van der Waals surface area contributed by atoms with E-state index in [1.54, 1.807) is 19.1 Å². The summed E-state index contributed by atoms with van der Waals surface area (Å²) in [5.41, 5.74) is 0.814. The molecule has 1 aromatic carbocycles. The zero-order chi connectivity index (χ0) is 15.5. The van der Waals surface area contributed by atoms with Gasteiger partial charge in [-0.15, -0.1) is 0 Å². The van der Waals surface area contributed by atoms with Crippen molar-refractivity contribution < 1.29 is 13.7 Å². The predicted octanol–water partition coefficient (Wildman–Crippen LogP) is 2.25. The first-order valence-electron chi connectivity index (χ1n) is 7.07. The molecule has 1 aliphatic rings. The Morgan fingerprint density at radius 3 is 2.57 bits per heavy atom. The number of likely N-dealkylation sites (tertiary alicyclic amines) is 1. The second-order valence-corrected chi connectivity index (χ2v) is 7.59. The van der Waals surface area contributed by atoms with E-state index in [0.29, 0.717) is 11.5 Å². The van der Waals surface area contributed by atoms with Crippen LogP contribution < -0.4 is 0 Å². The van der Waals surface area contributed by atoms with Gasteiger partial charge in [-0.05, 0) is 24.5 Å². The Hall–Kier alpha value is -1.40. The largest absolute Gasteiger partial charge is 0.373 e. The van der Waals surface area contributed by atoms with Crippen LogP contribution in [0.3, 0.4) is 0 Å². The number of hydrogen-bond donors (Lipinski definition) is 1. The maximum atomic E-state index is 11.9. The van der Waals surface area contributed by atoms with E-state index in [1.807, 2.05) is 17.0 Å². The van der Waals surface area contributed by atoms with Gasteiger partial charge >= 0.3 is 0 Å². The highest BCUT2D eigenvalue weighted by atomic mass is 32.2. The van der Waals surface area contributed by atoms with E-state index in [1.165, 1.54) is 6.26 Å². The molecule has 1 unspecified atom stereocenters. The van der Waals surface area contributed by atoms with Crippen molar-refractivity contribution in [3.63, 3.8) is 0 Å². The molecule has 0 bridgehead atoms. The van der Waals surface area contributed by atoms with Gasteiger partial charge in [0.2, 0.25) is 5.91 Å². The molecule has 1 saturated heterocycles. The van der Waals surface area contributed by atoms with Crippen molar-refractivity contribution in [1.82, 2.24) is 4.90 Å². The van der Waals surface area contributed by atoms with E-state index in [2.05, 4.69) is 0 Å². The van der Waals surface area contributed by atoms with E-state index in [0.717, 1.165) is 31.5 Å². The zero-order valence-corrected chi connectivity index (χ0v) is 13.3. The Labute approximate surface area is 126 Å². The quantitative estimate of drug-likeness (QED) is 0.927. The number of ether oxygens (including phenoxy) is 1. The Morgan fingerprint density at radius 2 is 2.00 bits per heavy atom. The lowest BCUT2D eigenvalue weighted by Gasteiger charge is -2.31. The van der Waals surface area contributed by atoms with Crippen LogP contribution in [0.2, 0.25) is 0 Å². The molecular weight excluding hydrogens is 288 g/mol. The molecule has 1 aliphatic heterocycles. The minimum atomic E-state index is -2.74. The third kappa shape index (κ3) is 4.28. The fraction of sp³-hybridized carbons (Fsp3) is 0.533. The molecule has 2 rings (SSSR count). The smallest absolute Gasteiger partial charge is 0.219 e. The molecule has 0 aliphatic carbocycles. The second kappa shape index (κ2) is 6.58. The molecule has 1 aromatic rings. The summed E-state index contributed by atoms with van der Waals surface area (Å²) in [7, 11) is -2.74. The summed E-state index contributed by atoms with van der Waals surface area (Å²) in [4.78, 5) is 13.6. The summed E-state index contributed by atoms with van der Waals surface area (Å²) in [5.74, 6) is 0.110. The number of nitrogens with one attached hydrogen (secondary N) is 1. The lowest BCUT2D eigenvalue weighted by Crippen LogP contribution is -2.39. The minimum Gasteiger partial charge on any atom is -0.373 e. The maximum Gasteiger partial charge on any atom is 0.219 e. The number of nitrogens with zero attached hydrogens (tertiary/aromatic N) is 1. The van der Waals surface area contributed by atoms with Gasteiger partial charge in [-0.2, -0.15) is 0 Å². The molecule has 6 heteroatoms. The van der Waals surface area contributed by atoms with Crippen LogP contribution in [-0.2, 0) is 25.9 Å². The Bertz CT molecular complexity index is 605. The van der Waals surface area contributed by atoms with E-state index >= 15 is 0 Å². The standard InChI is InChI=1S/C15H22N2O3S/c1-12(18)17-9-7-14(8-10-17)20-11-13-5-3-4-6-15(13)21(2,16)19/h3-6,14,16H,7-11H2,1-2H3. The topological polar surface area (TPSA) is 70.5 Å². The second-order valence-electron chi connectivity index (χ2n) is 5.47. The third-order valence-corrected chi connectivity index (χ3v) is 4.99. The van der Waals surface area contributed by atoms with Gasteiger partial charge in [-0.3, -0.25) is 4.79 Å². The van der Waals surface area contributed by atoms with Gasteiger partial charge in [0.1, 0.15) is 0 Å². The maximum absolute atomic E-state index is 11.9. The van der Waals surface area contributed by atoms with E-state index in [4.69, 9.17) is 9.52 Å². The lowest BCUT2D eigenvalue weighted by molar-refractivity contribution is -0.131. The van der Waals surface area contributed by atoms with Gasteiger partial charge in [0, 0.05) is 26.3 Å². The van der Waals surface area contributed by atoms with Gasteiger partial charge in [0.25, 0.3) is 0 Å². The van der Waals surface area contributed by atoms with Gasteiger partial charge < -0.3 is 9.64 Å². The summed E-state index contributed by atoms with van der Waals surface area (Å²) in [6, 6.07) is 7.25. The van der Waals surface area contributed by atoms with Crippen LogP contribution in [0.1, 0.15) is 25.3 Å². The van der Waals surface area contributed by atoms with Crippen molar-refractivity contribution in [3.8, 4) is 0 Å². The molecule has 0 spiro atoms. The predicted molar refractivity (Wildman–Crippen MR) is 81.6 cm³/mol. The Kier molecular flexibility index (Phi) is 5.00. The van der Waals surface area contributed by atoms with E-state index in [-0.39, 0.29) is 12.0 Å². The summed E-state index contributed by atoms with van der Waals surface area (Å²) in [6.07, 6.45) is 3.19. The van der Waals surface area contributed by atoms with E-state index < -0.39 is 9.73 Å². The third-order valence-electron chi connectivity index (χ3n) is 3.75. The molecule has 1 atom stereocenters. The molecule has 0 saturated carbocycles. The number of piperidine rings is 1. The molecular formula is C15H22N2O3S. The van der Waals surface area contributed by atoms with Crippen LogP contribution in [0.5, 0.6) is 0 Å². The molecule has 21 heavy (non-hydrogen) atoms. The monoisotopic (exact) mass is 310 g/mol. The van der Waals surface area contributed by atoms with Gasteiger partial charge in [0.05, 0.1) is 27.3 Å². The number of carbonyl (C=O) groups is 1. The molecule has 5 nitrogen and oxygen atoms in total. The molecule has 116 valence electrons. The Morgan fingerprint density at radius 1 is 1.38 bits per heavy atom. The summed E-state index contributed by atoms with van der Waals surface area (Å²) < 4.78 is 25.6. The van der Waals surface area contributed by atoms with Crippen molar-refractivity contribution in [2.45, 2.75) is 37.4 Å². The van der Waals surface area contributed by atoms with Gasteiger partial charge in [-0.1, -0.05) is 18.2 Å². The van der Waals surface area contributed by atoms with Crippen molar-refractivity contribution in [1.29, 1.82) is 4.78 Å². The molecule has 1 heterocycles. The van der Waals surface area contributed by atoms with Crippen molar-refractivity contribution in [2.24, 2.45) is 0 Å². The molecule has 1 fully saturated rings. The normalized spacial score (nSPS) is 19.2. The van der Waals surface area contributed by atoms with Crippen LogP contribution in [0.15, 0.2) is 29.2 Å². The molecule has 0 radical (unpaired) electrons. The van der Waals surface area contributed by atoms with Crippen molar-refractivity contribution >= 4 is 15.6 Å². The molecule has 0 aromatic heterocycles. The molecule has 1 amide bonds. The van der Waals surface area contributed by atoms with Crippen molar-refractivity contribution in [2.75, 3.05) is 19.3 Å². The first kappa shape index (κ1) is 16.0. The van der Waals surface area contributed by atoms with E-state index in [9.17, 15) is 9.00 Å². The average molecular weight is 310 g/mol. The van der Waals surface area contributed by atoms with Crippen LogP contribution >= 0.6 is 0 Å².